The van der Waals surface area contributed by atoms with Crippen LogP contribution in [0.2, 0.25) is 0 Å². The molecule has 1 aromatic carbocycles. The van der Waals surface area contributed by atoms with Crippen molar-refractivity contribution in [3.05, 3.63) is 59.2 Å². The molecule has 0 N–H and O–H groups in total. The molecule has 0 unspecified atom stereocenters. The largest absolute Gasteiger partial charge is 0.488 e. The summed E-state index contributed by atoms with van der Waals surface area (Å²) in [6.07, 6.45) is 1.49. The second-order valence-electron chi connectivity index (χ2n) is 4.15. The van der Waals surface area contributed by atoms with Gasteiger partial charge in [-0.1, -0.05) is 0 Å². The van der Waals surface area contributed by atoms with E-state index in [1.165, 1.54) is 31.3 Å². The number of Topliss-reactive ketones (excluding diaryl/α,β-unsaturated/α-hetero) is 1. The number of nitrogens with zero attached hydrogens (tertiary/aromatic N) is 2. The summed E-state index contributed by atoms with van der Waals surface area (Å²) in [5, 5.41) is 8.75. The van der Waals surface area contributed by atoms with Gasteiger partial charge < -0.3 is 4.74 Å². The fraction of sp³-hybridized carbons (Fsp3) is 0.133. The van der Waals surface area contributed by atoms with Gasteiger partial charge in [-0.3, -0.25) is 4.79 Å². The molecule has 0 aliphatic heterocycles. The van der Waals surface area contributed by atoms with E-state index >= 15 is 0 Å². The van der Waals surface area contributed by atoms with Crippen LogP contribution in [-0.4, -0.2) is 10.8 Å². The monoisotopic (exact) mass is 270 g/mol. The zero-order valence-corrected chi connectivity index (χ0v) is 10.8. The highest BCUT2D eigenvalue weighted by Crippen LogP contribution is 2.21. The lowest BCUT2D eigenvalue weighted by atomic mass is 10.1. The van der Waals surface area contributed by atoms with Gasteiger partial charge in [0.2, 0.25) is 0 Å². The Morgan fingerprint density at radius 3 is 2.90 bits per heavy atom. The molecule has 1 heterocycles. The van der Waals surface area contributed by atoms with Crippen molar-refractivity contribution in [3.63, 3.8) is 0 Å². The van der Waals surface area contributed by atoms with Crippen LogP contribution in [0.15, 0.2) is 36.5 Å². The van der Waals surface area contributed by atoms with Gasteiger partial charge in [-0.25, -0.2) is 9.37 Å². The Balaban J connectivity index is 2.20. The number of halogens is 1. The van der Waals surface area contributed by atoms with Crippen LogP contribution in [0.3, 0.4) is 0 Å². The highest BCUT2D eigenvalue weighted by molar-refractivity contribution is 5.96. The molecule has 2 aromatic rings. The summed E-state index contributed by atoms with van der Waals surface area (Å²) in [6, 6.07) is 8.96. The summed E-state index contributed by atoms with van der Waals surface area (Å²) in [7, 11) is 0. The highest BCUT2D eigenvalue weighted by atomic mass is 19.1. The Morgan fingerprint density at radius 1 is 1.40 bits per heavy atom. The Hall–Kier alpha value is -2.74. The van der Waals surface area contributed by atoms with Gasteiger partial charge >= 0.3 is 0 Å². The molecule has 4 nitrogen and oxygen atoms in total. The molecule has 0 saturated heterocycles. The lowest BCUT2D eigenvalue weighted by Crippen LogP contribution is -2.02. The van der Waals surface area contributed by atoms with Crippen LogP contribution in [0.25, 0.3) is 0 Å². The SMILES string of the molecule is CC(=O)c1ccc(F)cc1OCc1ccnc(C#N)c1. The zero-order chi connectivity index (χ0) is 14.5. The average Bonchev–Trinajstić information content (AvgIpc) is 2.45. The molecule has 0 aliphatic rings. The van der Waals surface area contributed by atoms with Crippen LogP contribution < -0.4 is 4.74 Å². The van der Waals surface area contributed by atoms with Gasteiger partial charge in [0, 0.05) is 12.3 Å². The van der Waals surface area contributed by atoms with Crippen molar-refractivity contribution in [1.82, 2.24) is 4.98 Å². The minimum absolute atomic E-state index is 0.126. The van der Waals surface area contributed by atoms with Crippen LogP contribution in [0.1, 0.15) is 28.5 Å². The highest BCUT2D eigenvalue weighted by Gasteiger charge is 2.10. The molecule has 0 radical (unpaired) electrons. The summed E-state index contributed by atoms with van der Waals surface area (Å²) < 4.78 is 18.7. The summed E-state index contributed by atoms with van der Waals surface area (Å²) in [5.41, 5.74) is 1.31. The van der Waals surface area contributed by atoms with Gasteiger partial charge in [-0.05, 0) is 36.8 Å². The average molecular weight is 270 g/mol. The number of nitriles is 1. The molecule has 0 saturated carbocycles. The Morgan fingerprint density at radius 2 is 2.20 bits per heavy atom. The van der Waals surface area contributed by atoms with E-state index in [1.54, 1.807) is 12.1 Å². The molecule has 5 heteroatoms. The molecule has 0 spiro atoms. The summed E-state index contributed by atoms with van der Waals surface area (Å²) >= 11 is 0. The normalized spacial score (nSPS) is 9.85. The van der Waals surface area contributed by atoms with Crippen LogP contribution >= 0.6 is 0 Å². The van der Waals surface area contributed by atoms with E-state index in [2.05, 4.69) is 4.98 Å². The number of hydrogen-bond donors (Lipinski definition) is 0. The number of carbonyl (C=O) groups excluding carboxylic acids is 1. The molecular formula is C15H11FN2O2. The fourth-order valence-electron chi connectivity index (χ4n) is 1.69. The molecule has 0 aliphatic carbocycles. The van der Waals surface area contributed by atoms with Crippen molar-refractivity contribution >= 4 is 5.78 Å². The van der Waals surface area contributed by atoms with Crippen molar-refractivity contribution in [2.45, 2.75) is 13.5 Å². The van der Waals surface area contributed by atoms with E-state index < -0.39 is 5.82 Å². The minimum Gasteiger partial charge on any atom is -0.488 e. The molecule has 2 rings (SSSR count). The predicted octanol–water partition coefficient (Wildman–Crippen LogP) is 2.87. The Bertz CT molecular complexity index is 693. The van der Waals surface area contributed by atoms with Crippen molar-refractivity contribution in [1.29, 1.82) is 5.26 Å². The van der Waals surface area contributed by atoms with Gasteiger partial charge in [0.15, 0.2) is 5.78 Å². The Kier molecular flexibility index (Phi) is 4.06. The van der Waals surface area contributed by atoms with Crippen LogP contribution in [0, 0.1) is 17.1 Å². The maximum Gasteiger partial charge on any atom is 0.163 e. The van der Waals surface area contributed by atoms with Crippen LogP contribution in [-0.2, 0) is 6.61 Å². The number of ether oxygens (including phenoxy) is 1. The fourth-order valence-corrected chi connectivity index (χ4v) is 1.69. The number of aromatic nitrogens is 1. The number of carbonyl (C=O) groups is 1. The molecule has 20 heavy (non-hydrogen) atoms. The van der Waals surface area contributed by atoms with Gasteiger partial charge in [0.1, 0.15) is 29.9 Å². The number of benzene rings is 1. The van der Waals surface area contributed by atoms with Crippen LogP contribution in [0.4, 0.5) is 4.39 Å². The molecule has 0 atom stereocenters. The third-order valence-electron chi connectivity index (χ3n) is 2.66. The third kappa shape index (κ3) is 3.18. The topological polar surface area (TPSA) is 63.0 Å². The first-order chi connectivity index (χ1) is 9.60. The van der Waals surface area contributed by atoms with E-state index in [9.17, 15) is 9.18 Å². The van der Waals surface area contributed by atoms with Gasteiger partial charge in [-0.2, -0.15) is 5.26 Å². The van der Waals surface area contributed by atoms with E-state index in [4.69, 9.17) is 10.00 Å². The second kappa shape index (κ2) is 5.93. The van der Waals surface area contributed by atoms with Crippen molar-refractivity contribution in [2.24, 2.45) is 0 Å². The standard InChI is InChI=1S/C15H11FN2O2/c1-10(19)14-3-2-12(16)7-15(14)20-9-11-4-5-18-13(6-11)8-17/h2-7H,9H2,1H3. The summed E-state index contributed by atoms with van der Waals surface area (Å²) in [4.78, 5) is 15.3. The maximum atomic E-state index is 13.2. The van der Waals surface area contributed by atoms with Crippen molar-refractivity contribution < 1.29 is 13.9 Å². The summed E-state index contributed by atoms with van der Waals surface area (Å²) in [5.74, 6) is -0.488. The number of rotatable bonds is 4. The van der Waals surface area contributed by atoms with E-state index in [-0.39, 0.29) is 23.8 Å². The minimum atomic E-state index is -0.475. The molecule has 0 amide bonds. The first-order valence-electron chi connectivity index (χ1n) is 5.88. The predicted molar refractivity (Wildman–Crippen MR) is 69.7 cm³/mol. The molecule has 0 bridgehead atoms. The van der Waals surface area contributed by atoms with Gasteiger partial charge in [0.25, 0.3) is 0 Å². The third-order valence-corrected chi connectivity index (χ3v) is 2.66. The van der Waals surface area contributed by atoms with E-state index in [1.807, 2.05) is 6.07 Å². The quantitative estimate of drug-likeness (QED) is 0.801. The Labute approximate surface area is 115 Å². The van der Waals surface area contributed by atoms with Crippen molar-refractivity contribution in [3.8, 4) is 11.8 Å². The lowest BCUT2D eigenvalue weighted by molar-refractivity contribution is 0.101. The van der Waals surface area contributed by atoms with Gasteiger partial charge in [0.05, 0.1) is 5.56 Å². The maximum absolute atomic E-state index is 13.2. The van der Waals surface area contributed by atoms with Crippen molar-refractivity contribution in [2.75, 3.05) is 0 Å². The first kappa shape index (κ1) is 13.7. The molecule has 1 aromatic heterocycles. The second-order valence-corrected chi connectivity index (χ2v) is 4.15. The molecule has 100 valence electrons. The van der Waals surface area contributed by atoms with E-state index in [0.29, 0.717) is 5.56 Å². The zero-order valence-electron chi connectivity index (χ0n) is 10.8. The molecular weight excluding hydrogens is 259 g/mol. The van der Waals surface area contributed by atoms with Gasteiger partial charge in [-0.15, -0.1) is 0 Å². The van der Waals surface area contributed by atoms with E-state index in [0.717, 1.165) is 5.56 Å². The number of pyridine rings is 1. The molecule has 0 fully saturated rings. The lowest BCUT2D eigenvalue weighted by Gasteiger charge is -2.10. The number of ketones is 1. The number of hydrogen-bond acceptors (Lipinski definition) is 4. The first-order valence-corrected chi connectivity index (χ1v) is 5.88. The smallest absolute Gasteiger partial charge is 0.163 e. The van der Waals surface area contributed by atoms with Crippen LogP contribution in [0.5, 0.6) is 5.75 Å². The summed E-state index contributed by atoms with van der Waals surface area (Å²) in [6.45, 7) is 1.52.